The number of hydrogen-bond acceptors (Lipinski definition) is 3. The van der Waals surface area contributed by atoms with E-state index in [0.29, 0.717) is 13.1 Å². The average molecular weight is 283 g/mol. The number of piperidine rings is 1. The fraction of sp³-hybridized carbons (Fsp3) is 0.917. The largest absolute Gasteiger partial charge is 0.434 e. The van der Waals surface area contributed by atoms with Gasteiger partial charge in [-0.25, -0.2) is 4.79 Å². The molecule has 0 radical (unpaired) electrons. The van der Waals surface area contributed by atoms with Crippen LogP contribution in [-0.4, -0.2) is 50.1 Å². The molecule has 0 saturated carbocycles. The molecule has 1 saturated heterocycles. The minimum absolute atomic E-state index is 0.118. The third kappa shape index (κ3) is 4.89. The molecule has 4 nitrogen and oxygen atoms in total. The van der Waals surface area contributed by atoms with E-state index in [1.165, 1.54) is 4.90 Å². The first-order valence-electron chi connectivity index (χ1n) is 6.17. The van der Waals surface area contributed by atoms with Crippen LogP contribution in [0.2, 0.25) is 0 Å². The number of halogens is 3. The van der Waals surface area contributed by atoms with Gasteiger partial charge in [-0.3, -0.25) is 0 Å². The molecule has 0 aromatic carbocycles. The SMILES string of the molecule is COCC(OC(=O)N1CCC(C)(C)CC1)C(F)(F)F. The quantitative estimate of drug-likeness (QED) is 0.799. The van der Waals surface area contributed by atoms with Crippen LogP contribution in [0.15, 0.2) is 0 Å². The molecule has 1 aliphatic rings. The molecule has 1 rings (SSSR count). The fourth-order valence-electron chi connectivity index (χ4n) is 1.84. The van der Waals surface area contributed by atoms with Gasteiger partial charge < -0.3 is 14.4 Å². The lowest BCUT2D eigenvalue weighted by Gasteiger charge is -2.36. The molecular weight excluding hydrogens is 263 g/mol. The highest BCUT2D eigenvalue weighted by Crippen LogP contribution is 2.30. The molecule has 112 valence electrons. The molecule has 0 N–H and O–H groups in total. The van der Waals surface area contributed by atoms with Crippen molar-refractivity contribution in [2.75, 3.05) is 26.8 Å². The van der Waals surface area contributed by atoms with Crippen molar-refractivity contribution in [1.29, 1.82) is 0 Å². The Bertz CT molecular complexity index is 308. The zero-order valence-corrected chi connectivity index (χ0v) is 11.4. The van der Waals surface area contributed by atoms with Crippen LogP contribution in [0.25, 0.3) is 0 Å². The molecule has 0 aliphatic carbocycles. The minimum atomic E-state index is -4.61. The number of carbonyl (C=O) groups excluding carboxylic acids is 1. The van der Waals surface area contributed by atoms with E-state index in [4.69, 9.17) is 0 Å². The van der Waals surface area contributed by atoms with Gasteiger partial charge in [-0.15, -0.1) is 0 Å². The summed E-state index contributed by atoms with van der Waals surface area (Å²) in [6, 6.07) is 0. The molecule has 19 heavy (non-hydrogen) atoms. The molecule has 1 fully saturated rings. The topological polar surface area (TPSA) is 38.8 Å². The molecule has 0 aromatic heterocycles. The van der Waals surface area contributed by atoms with Gasteiger partial charge in [-0.2, -0.15) is 13.2 Å². The molecule has 1 aliphatic heterocycles. The first kappa shape index (κ1) is 16.1. The molecular formula is C12H20F3NO3. The smallest absolute Gasteiger partial charge is 0.427 e. The second-order valence-corrected chi connectivity index (χ2v) is 5.52. The highest BCUT2D eigenvalue weighted by atomic mass is 19.4. The number of methoxy groups -OCH3 is 1. The number of alkyl halides is 3. The second kappa shape index (κ2) is 5.98. The maximum absolute atomic E-state index is 12.6. The van der Waals surface area contributed by atoms with Gasteiger partial charge in [0.15, 0.2) is 0 Å². The number of amides is 1. The summed E-state index contributed by atoms with van der Waals surface area (Å²) < 4.78 is 46.7. The van der Waals surface area contributed by atoms with E-state index in [0.717, 1.165) is 20.0 Å². The summed E-state index contributed by atoms with van der Waals surface area (Å²) in [6.07, 6.45) is -6.23. The van der Waals surface area contributed by atoms with E-state index < -0.39 is 25.0 Å². The summed E-state index contributed by atoms with van der Waals surface area (Å²) in [5.74, 6) is 0. The summed E-state index contributed by atoms with van der Waals surface area (Å²) in [7, 11) is 1.13. The molecule has 1 atom stereocenters. The van der Waals surface area contributed by atoms with Crippen molar-refractivity contribution < 1.29 is 27.4 Å². The normalized spacial score (nSPS) is 21.1. The molecule has 1 amide bonds. The van der Waals surface area contributed by atoms with Gasteiger partial charge >= 0.3 is 12.3 Å². The van der Waals surface area contributed by atoms with E-state index in [1.807, 2.05) is 0 Å². The van der Waals surface area contributed by atoms with E-state index in [-0.39, 0.29) is 5.41 Å². The summed E-state index contributed by atoms with van der Waals surface area (Å²) in [6.45, 7) is 4.29. The van der Waals surface area contributed by atoms with Gasteiger partial charge in [-0.1, -0.05) is 13.8 Å². The Morgan fingerprint density at radius 1 is 1.32 bits per heavy atom. The number of likely N-dealkylation sites (tertiary alicyclic amines) is 1. The lowest BCUT2D eigenvalue weighted by molar-refractivity contribution is -0.217. The lowest BCUT2D eigenvalue weighted by Crippen LogP contribution is -2.46. The van der Waals surface area contributed by atoms with Gasteiger partial charge in [-0.05, 0) is 18.3 Å². The number of nitrogens with zero attached hydrogens (tertiary/aromatic N) is 1. The van der Waals surface area contributed by atoms with Gasteiger partial charge in [0.1, 0.15) is 0 Å². The maximum Gasteiger partial charge on any atom is 0.427 e. The van der Waals surface area contributed by atoms with Crippen LogP contribution in [0.3, 0.4) is 0 Å². The monoisotopic (exact) mass is 283 g/mol. The third-order valence-corrected chi connectivity index (χ3v) is 3.30. The highest BCUT2D eigenvalue weighted by molar-refractivity contribution is 5.68. The van der Waals surface area contributed by atoms with E-state index >= 15 is 0 Å². The molecule has 7 heteroatoms. The standard InChI is InChI=1S/C12H20F3NO3/c1-11(2)4-6-16(7-5-11)10(17)19-9(8-18-3)12(13,14)15/h9H,4-8H2,1-3H3. The number of rotatable bonds is 3. The van der Waals surface area contributed by atoms with E-state index in [2.05, 4.69) is 23.3 Å². The number of hydrogen-bond donors (Lipinski definition) is 0. The molecule has 0 spiro atoms. The Morgan fingerprint density at radius 3 is 2.26 bits per heavy atom. The first-order chi connectivity index (χ1) is 8.65. The maximum atomic E-state index is 12.6. The first-order valence-corrected chi connectivity index (χ1v) is 6.17. The molecule has 0 aromatic rings. The van der Waals surface area contributed by atoms with Crippen LogP contribution in [0.5, 0.6) is 0 Å². The fourth-order valence-corrected chi connectivity index (χ4v) is 1.84. The van der Waals surface area contributed by atoms with E-state index in [1.54, 1.807) is 0 Å². The van der Waals surface area contributed by atoms with Crippen molar-refractivity contribution in [1.82, 2.24) is 4.90 Å². The van der Waals surface area contributed by atoms with Gasteiger partial charge in [0, 0.05) is 20.2 Å². The lowest BCUT2D eigenvalue weighted by atomic mass is 9.83. The van der Waals surface area contributed by atoms with Gasteiger partial charge in [0.05, 0.1) is 6.61 Å². The van der Waals surface area contributed by atoms with Crippen LogP contribution in [0.1, 0.15) is 26.7 Å². The average Bonchev–Trinajstić information content (AvgIpc) is 2.26. The highest BCUT2D eigenvalue weighted by Gasteiger charge is 2.44. The zero-order chi connectivity index (χ0) is 14.7. The van der Waals surface area contributed by atoms with Crippen molar-refractivity contribution in [3.63, 3.8) is 0 Å². The van der Waals surface area contributed by atoms with Crippen LogP contribution in [-0.2, 0) is 9.47 Å². The van der Waals surface area contributed by atoms with Crippen LogP contribution >= 0.6 is 0 Å². The summed E-state index contributed by atoms with van der Waals surface area (Å²) in [5.41, 5.74) is 0.118. The third-order valence-electron chi connectivity index (χ3n) is 3.30. The van der Waals surface area contributed by atoms with Crippen molar-refractivity contribution >= 4 is 6.09 Å². The van der Waals surface area contributed by atoms with Crippen LogP contribution < -0.4 is 0 Å². The van der Waals surface area contributed by atoms with Gasteiger partial charge in [0.25, 0.3) is 0 Å². The predicted octanol–water partition coefficient (Wildman–Crippen LogP) is 2.82. The summed E-state index contributed by atoms with van der Waals surface area (Å²) in [5, 5.41) is 0. The van der Waals surface area contributed by atoms with Crippen molar-refractivity contribution in [3.8, 4) is 0 Å². The number of carbonyl (C=O) groups is 1. The van der Waals surface area contributed by atoms with Crippen molar-refractivity contribution in [2.45, 2.75) is 39.0 Å². The van der Waals surface area contributed by atoms with Crippen molar-refractivity contribution in [2.24, 2.45) is 5.41 Å². The Morgan fingerprint density at radius 2 is 1.84 bits per heavy atom. The molecule has 0 bridgehead atoms. The Kier molecular flexibility index (Phi) is 5.06. The predicted molar refractivity (Wildman–Crippen MR) is 62.8 cm³/mol. The van der Waals surface area contributed by atoms with E-state index in [9.17, 15) is 18.0 Å². The Balaban J connectivity index is 2.54. The Hall–Kier alpha value is -0.980. The summed E-state index contributed by atoms with van der Waals surface area (Å²) >= 11 is 0. The van der Waals surface area contributed by atoms with Gasteiger partial charge in [0.2, 0.25) is 6.10 Å². The number of ether oxygens (including phenoxy) is 2. The Labute approximate surface area is 110 Å². The molecule has 1 unspecified atom stereocenters. The second-order valence-electron chi connectivity index (χ2n) is 5.52. The minimum Gasteiger partial charge on any atom is -0.434 e. The van der Waals surface area contributed by atoms with Crippen LogP contribution in [0, 0.1) is 5.41 Å². The van der Waals surface area contributed by atoms with Crippen molar-refractivity contribution in [3.05, 3.63) is 0 Å². The molecule has 1 heterocycles. The van der Waals surface area contributed by atoms with Crippen LogP contribution in [0.4, 0.5) is 18.0 Å². The summed E-state index contributed by atoms with van der Waals surface area (Å²) in [4.78, 5) is 13.0. The zero-order valence-electron chi connectivity index (χ0n) is 11.4.